The maximum atomic E-state index is 12.5. The van der Waals surface area contributed by atoms with Gasteiger partial charge in [0.15, 0.2) is 0 Å². The lowest BCUT2D eigenvalue weighted by molar-refractivity contribution is 0.512. The highest BCUT2D eigenvalue weighted by Gasteiger charge is 2.19. The molecule has 0 saturated carbocycles. The third-order valence-corrected chi connectivity index (χ3v) is 3.88. The summed E-state index contributed by atoms with van der Waals surface area (Å²) < 4.78 is 3.48. The van der Waals surface area contributed by atoms with Crippen molar-refractivity contribution >= 4 is 28.9 Å². The van der Waals surface area contributed by atoms with Crippen LogP contribution >= 0.6 is 23.2 Å². The largest absolute Gasteiger partial charge is 0.393 e. The van der Waals surface area contributed by atoms with E-state index in [-0.39, 0.29) is 5.56 Å². The lowest BCUT2D eigenvalue weighted by Gasteiger charge is -2.15. The van der Waals surface area contributed by atoms with Crippen LogP contribution in [0, 0.1) is 0 Å². The molecule has 0 spiro atoms. The van der Waals surface area contributed by atoms with Crippen molar-refractivity contribution in [2.24, 2.45) is 0 Å². The van der Waals surface area contributed by atoms with Gasteiger partial charge in [-0.15, -0.1) is 0 Å². The second-order valence-corrected chi connectivity index (χ2v) is 5.79. The van der Waals surface area contributed by atoms with E-state index in [4.69, 9.17) is 28.9 Å². The van der Waals surface area contributed by atoms with Crippen molar-refractivity contribution in [1.29, 1.82) is 0 Å². The zero-order chi connectivity index (χ0) is 15.6. The van der Waals surface area contributed by atoms with Gasteiger partial charge in [0.2, 0.25) is 0 Å². The summed E-state index contributed by atoms with van der Waals surface area (Å²) in [5, 5.41) is 0.967. The standard InChI is InChI=1S/C15H19Cl2N3O/c1-3-5-13-14(18)15(21)20(19(13)8-4-2)12-7-6-10(16)9-11(12)17/h6-7,9H,3-5,8,18H2,1-2H3. The number of rotatable bonds is 5. The molecule has 6 heteroatoms. The van der Waals surface area contributed by atoms with Crippen molar-refractivity contribution in [3.05, 3.63) is 44.3 Å². The molecular formula is C15H19Cl2N3O. The summed E-state index contributed by atoms with van der Waals surface area (Å²) in [7, 11) is 0. The molecule has 0 amide bonds. The van der Waals surface area contributed by atoms with E-state index in [2.05, 4.69) is 13.8 Å². The van der Waals surface area contributed by atoms with E-state index >= 15 is 0 Å². The second-order valence-electron chi connectivity index (χ2n) is 4.95. The van der Waals surface area contributed by atoms with Crippen molar-refractivity contribution < 1.29 is 0 Å². The number of aromatic nitrogens is 2. The highest BCUT2D eigenvalue weighted by Crippen LogP contribution is 2.25. The maximum Gasteiger partial charge on any atom is 0.294 e. The first kappa shape index (κ1) is 16.0. The molecule has 1 aromatic heterocycles. The molecule has 2 N–H and O–H groups in total. The fourth-order valence-electron chi connectivity index (χ4n) is 2.45. The van der Waals surface area contributed by atoms with Crippen molar-refractivity contribution in [2.75, 3.05) is 5.73 Å². The topological polar surface area (TPSA) is 53.0 Å². The third-order valence-electron chi connectivity index (χ3n) is 3.35. The molecular weight excluding hydrogens is 309 g/mol. The van der Waals surface area contributed by atoms with Crippen LogP contribution in [0.25, 0.3) is 5.69 Å². The van der Waals surface area contributed by atoms with E-state index in [0.29, 0.717) is 28.0 Å². The molecule has 0 radical (unpaired) electrons. The van der Waals surface area contributed by atoms with E-state index in [1.807, 2.05) is 4.68 Å². The van der Waals surface area contributed by atoms with Gasteiger partial charge in [-0.3, -0.25) is 9.48 Å². The van der Waals surface area contributed by atoms with Crippen LogP contribution in [0.2, 0.25) is 10.0 Å². The lowest BCUT2D eigenvalue weighted by atomic mass is 10.2. The fourth-order valence-corrected chi connectivity index (χ4v) is 2.94. The average molecular weight is 328 g/mol. The predicted molar refractivity (Wildman–Crippen MR) is 88.7 cm³/mol. The molecule has 0 aliphatic rings. The minimum atomic E-state index is -0.226. The number of benzene rings is 1. The number of anilines is 1. The van der Waals surface area contributed by atoms with Crippen molar-refractivity contribution in [3.63, 3.8) is 0 Å². The van der Waals surface area contributed by atoms with Gasteiger partial charge in [-0.05, 0) is 31.0 Å². The summed E-state index contributed by atoms with van der Waals surface area (Å²) in [5.41, 5.74) is 7.57. The fraction of sp³-hybridized carbons (Fsp3) is 0.400. The Labute approximate surface area is 134 Å². The summed E-state index contributed by atoms with van der Waals surface area (Å²) in [6.07, 6.45) is 2.58. The quantitative estimate of drug-likeness (QED) is 0.905. The maximum absolute atomic E-state index is 12.5. The van der Waals surface area contributed by atoms with Crippen LogP contribution in [0.5, 0.6) is 0 Å². The number of hydrogen-bond donors (Lipinski definition) is 1. The van der Waals surface area contributed by atoms with Gasteiger partial charge in [-0.2, -0.15) is 0 Å². The molecule has 0 aliphatic heterocycles. The van der Waals surface area contributed by atoms with E-state index < -0.39 is 0 Å². The summed E-state index contributed by atoms with van der Waals surface area (Å²) >= 11 is 12.2. The lowest BCUT2D eigenvalue weighted by Crippen LogP contribution is -2.23. The average Bonchev–Trinajstić information content (AvgIpc) is 2.66. The summed E-state index contributed by atoms with van der Waals surface area (Å²) in [6.45, 7) is 4.83. The summed E-state index contributed by atoms with van der Waals surface area (Å²) in [6, 6.07) is 5.09. The molecule has 1 aromatic carbocycles. The Bertz CT molecular complexity index is 704. The van der Waals surface area contributed by atoms with Crippen molar-refractivity contribution in [1.82, 2.24) is 9.36 Å². The molecule has 0 saturated heterocycles. The van der Waals surface area contributed by atoms with Crippen LogP contribution in [0.3, 0.4) is 0 Å². The van der Waals surface area contributed by atoms with Crippen LogP contribution < -0.4 is 11.3 Å². The van der Waals surface area contributed by atoms with Crippen LogP contribution in [0.4, 0.5) is 5.69 Å². The molecule has 0 atom stereocenters. The highest BCUT2D eigenvalue weighted by molar-refractivity contribution is 6.35. The highest BCUT2D eigenvalue weighted by atomic mass is 35.5. The molecule has 1 heterocycles. The number of nitrogen functional groups attached to an aromatic ring is 1. The van der Waals surface area contributed by atoms with Crippen LogP contribution in [-0.2, 0) is 13.0 Å². The predicted octanol–water partition coefficient (Wildman–Crippen LogP) is 3.89. The number of halogens is 2. The van der Waals surface area contributed by atoms with Crippen LogP contribution in [0.1, 0.15) is 32.4 Å². The molecule has 21 heavy (non-hydrogen) atoms. The molecule has 114 valence electrons. The van der Waals surface area contributed by atoms with Crippen LogP contribution in [-0.4, -0.2) is 9.36 Å². The van der Waals surface area contributed by atoms with Gasteiger partial charge in [0, 0.05) is 11.6 Å². The van der Waals surface area contributed by atoms with Crippen LogP contribution in [0.15, 0.2) is 23.0 Å². The number of nitrogens with zero attached hydrogens (tertiary/aromatic N) is 2. The van der Waals surface area contributed by atoms with Gasteiger partial charge in [0.05, 0.1) is 16.4 Å². The number of nitrogens with two attached hydrogens (primary N) is 1. The zero-order valence-electron chi connectivity index (χ0n) is 12.2. The summed E-state index contributed by atoms with van der Waals surface area (Å²) in [4.78, 5) is 12.5. The Morgan fingerprint density at radius 3 is 2.48 bits per heavy atom. The second kappa shape index (κ2) is 6.58. The molecule has 2 aromatic rings. The van der Waals surface area contributed by atoms with Gasteiger partial charge in [-0.25, -0.2) is 4.68 Å². The Kier molecular flexibility index (Phi) is 5.01. The Morgan fingerprint density at radius 1 is 1.19 bits per heavy atom. The van der Waals surface area contributed by atoms with Gasteiger partial charge in [0.1, 0.15) is 5.69 Å². The van der Waals surface area contributed by atoms with Crippen molar-refractivity contribution in [2.45, 2.75) is 39.7 Å². The van der Waals surface area contributed by atoms with E-state index in [1.165, 1.54) is 0 Å². The molecule has 0 unspecified atom stereocenters. The van der Waals surface area contributed by atoms with E-state index in [1.54, 1.807) is 22.9 Å². The molecule has 2 rings (SSSR count). The van der Waals surface area contributed by atoms with E-state index in [9.17, 15) is 4.79 Å². The first-order valence-corrected chi connectivity index (χ1v) is 7.82. The van der Waals surface area contributed by atoms with Gasteiger partial charge < -0.3 is 5.73 Å². The molecule has 0 bridgehead atoms. The smallest absolute Gasteiger partial charge is 0.294 e. The van der Waals surface area contributed by atoms with Crippen molar-refractivity contribution in [3.8, 4) is 5.69 Å². The van der Waals surface area contributed by atoms with Gasteiger partial charge in [-0.1, -0.05) is 43.5 Å². The first-order valence-electron chi connectivity index (χ1n) is 7.06. The minimum Gasteiger partial charge on any atom is -0.393 e. The monoisotopic (exact) mass is 327 g/mol. The van der Waals surface area contributed by atoms with Gasteiger partial charge >= 0.3 is 0 Å². The normalized spacial score (nSPS) is 11.0. The third kappa shape index (κ3) is 2.97. The SMILES string of the molecule is CCCc1c(N)c(=O)n(-c2ccc(Cl)cc2Cl)n1CCC. The molecule has 0 fully saturated rings. The molecule has 0 aliphatic carbocycles. The van der Waals surface area contributed by atoms with E-state index in [0.717, 1.165) is 25.0 Å². The first-order chi connectivity index (χ1) is 10.0. The number of hydrogen-bond acceptors (Lipinski definition) is 2. The Hall–Kier alpha value is -1.39. The molecule has 4 nitrogen and oxygen atoms in total. The van der Waals surface area contributed by atoms with Gasteiger partial charge in [0.25, 0.3) is 5.56 Å². The minimum absolute atomic E-state index is 0.226. The summed E-state index contributed by atoms with van der Waals surface area (Å²) in [5.74, 6) is 0. The zero-order valence-corrected chi connectivity index (χ0v) is 13.7. The Morgan fingerprint density at radius 2 is 1.90 bits per heavy atom. The Balaban J connectivity index is 2.72.